The lowest BCUT2D eigenvalue weighted by Crippen LogP contribution is -2.49. The maximum absolute atomic E-state index is 12.6. The van der Waals surface area contributed by atoms with Crippen LogP contribution in [0.5, 0.6) is 0 Å². The molecular weight excluding hydrogens is 268 g/mol. The third kappa shape index (κ3) is 2.92. The Hall–Kier alpha value is -1.65. The van der Waals surface area contributed by atoms with Crippen molar-refractivity contribution in [1.29, 1.82) is 0 Å². The van der Waals surface area contributed by atoms with Gasteiger partial charge in [-0.2, -0.15) is 11.3 Å². The number of piperazine rings is 1. The van der Waals surface area contributed by atoms with Gasteiger partial charge in [-0.15, -0.1) is 0 Å². The maximum atomic E-state index is 12.6. The van der Waals surface area contributed by atoms with Crippen molar-refractivity contribution in [3.05, 3.63) is 58.3 Å². The monoisotopic (exact) mass is 286 g/mol. The summed E-state index contributed by atoms with van der Waals surface area (Å²) in [6, 6.07) is 12.5. The van der Waals surface area contributed by atoms with Crippen LogP contribution in [-0.2, 0) is 11.2 Å². The molecule has 1 fully saturated rings. The minimum atomic E-state index is 0.149. The molecule has 2 heterocycles. The molecule has 20 heavy (non-hydrogen) atoms. The van der Waals surface area contributed by atoms with Crippen molar-refractivity contribution in [1.82, 2.24) is 10.2 Å². The second-order valence-electron chi connectivity index (χ2n) is 5.03. The highest BCUT2D eigenvalue weighted by Crippen LogP contribution is 2.23. The Kier molecular flexibility index (Phi) is 4.14. The fourth-order valence-corrected chi connectivity index (χ4v) is 3.31. The summed E-state index contributed by atoms with van der Waals surface area (Å²) in [5.41, 5.74) is 2.32. The van der Waals surface area contributed by atoms with E-state index in [4.69, 9.17) is 0 Å². The Bertz CT molecular complexity index is 553. The van der Waals surface area contributed by atoms with Crippen molar-refractivity contribution in [3.8, 4) is 0 Å². The fraction of sp³-hybridized carbons (Fsp3) is 0.312. The van der Waals surface area contributed by atoms with E-state index in [1.54, 1.807) is 11.3 Å². The highest BCUT2D eigenvalue weighted by atomic mass is 32.1. The van der Waals surface area contributed by atoms with Crippen molar-refractivity contribution in [3.63, 3.8) is 0 Å². The SMILES string of the molecule is O=C(Cc1ccsc1)N1CCNC[C@H]1c1ccccc1. The third-order valence-electron chi connectivity index (χ3n) is 3.68. The second-order valence-corrected chi connectivity index (χ2v) is 5.81. The summed E-state index contributed by atoms with van der Waals surface area (Å²) in [4.78, 5) is 14.6. The van der Waals surface area contributed by atoms with E-state index in [9.17, 15) is 4.79 Å². The molecule has 1 aromatic carbocycles. The van der Waals surface area contributed by atoms with Gasteiger partial charge in [0, 0.05) is 19.6 Å². The van der Waals surface area contributed by atoms with E-state index in [2.05, 4.69) is 22.8 Å². The highest BCUT2D eigenvalue weighted by molar-refractivity contribution is 7.07. The Morgan fingerprint density at radius 3 is 2.90 bits per heavy atom. The van der Waals surface area contributed by atoms with Gasteiger partial charge >= 0.3 is 0 Å². The largest absolute Gasteiger partial charge is 0.333 e. The van der Waals surface area contributed by atoms with Crippen LogP contribution in [0.25, 0.3) is 0 Å². The molecule has 1 aliphatic rings. The summed E-state index contributed by atoms with van der Waals surface area (Å²) >= 11 is 1.64. The first-order chi connectivity index (χ1) is 9.84. The van der Waals surface area contributed by atoms with Gasteiger partial charge in [-0.3, -0.25) is 4.79 Å². The van der Waals surface area contributed by atoms with Crippen molar-refractivity contribution < 1.29 is 4.79 Å². The van der Waals surface area contributed by atoms with Crippen LogP contribution in [0.2, 0.25) is 0 Å². The molecule has 3 rings (SSSR count). The molecule has 104 valence electrons. The number of carbonyl (C=O) groups is 1. The number of benzene rings is 1. The summed E-state index contributed by atoms with van der Waals surface area (Å²) in [6.45, 7) is 2.49. The van der Waals surface area contributed by atoms with Gasteiger partial charge in [0.15, 0.2) is 0 Å². The van der Waals surface area contributed by atoms with Gasteiger partial charge in [0.05, 0.1) is 12.5 Å². The molecule has 1 atom stereocenters. The minimum absolute atomic E-state index is 0.149. The van der Waals surface area contributed by atoms with E-state index in [0.717, 1.165) is 25.2 Å². The molecule has 0 aliphatic carbocycles. The van der Waals surface area contributed by atoms with Crippen molar-refractivity contribution >= 4 is 17.2 Å². The highest BCUT2D eigenvalue weighted by Gasteiger charge is 2.27. The van der Waals surface area contributed by atoms with Crippen LogP contribution in [0.15, 0.2) is 47.2 Å². The minimum Gasteiger partial charge on any atom is -0.333 e. The van der Waals surface area contributed by atoms with Crippen LogP contribution in [0, 0.1) is 0 Å². The van der Waals surface area contributed by atoms with Crippen LogP contribution >= 0.6 is 11.3 Å². The molecule has 0 radical (unpaired) electrons. The van der Waals surface area contributed by atoms with E-state index in [1.807, 2.05) is 34.5 Å². The van der Waals surface area contributed by atoms with E-state index < -0.39 is 0 Å². The summed E-state index contributed by atoms with van der Waals surface area (Å²) < 4.78 is 0. The first kappa shape index (κ1) is 13.3. The van der Waals surface area contributed by atoms with E-state index in [-0.39, 0.29) is 11.9 Å². The first-order valence-electron chi connectivity index (χ1n) is 6.91. The molecule has 4 heteroatoms. The molecule has 1 amide bonds. The predicted octanol–water partition coefficient (Wildman–Crippen LogP) is 2.46. The van der Waals surface area contributed by atoms with Crippen LogP contribution < -0.4 is 5.32 Å². The van der Waals surface area contributed by atoms with Gasteiger partial charge < -0.3 is 10.2 Å². The standard InChI is InChI=1S/C16H18N2OS/c19-16(10-13-6-9-20-12-13)18-8-7-17-11-15(18)14-4-2-1-3-5-14/h1-6,9,12,15,17H,7-8,10-11H2/t15-/m0/s1. The summed E-state index contributed by atoms with van der Waals surface area (Å²) in [5.74, 6) is 0.221. The Balaban J connectivity index is 1.77. The number of hydrogen-bond acceptors (Lipinski definition) is 3. The lowest BCUT2D eigenvalue weighted by molar-refractivity contribution is -0.133. The number of thiophene rings is 1. The number of amides is 1. The quantitative estimate of drug-likeness (QED) is 0.940. The molecular formula is C16H18N2OS. The molecule has 1 N–H and O–H groups in total. The molecule has 3 nitrogen and oxygen atoms in total. The number of rotatable bonds is 3. The summed E-state index contributed by atoms with van der Waals surface area (Å²) in [5, 5.41) is 7.46. The molecule has 1 aromatic heterocycles. The fourth-order valence-electron chi connectivity index (χ4n) is 2.65. The second kappa shape index (κ2) is 6.20. The average molecular weight is 286 g/mol. The normalized spacial score (nSPS) is 19.0. The molecule has 0 spiro atoms. The lowest BCUT2D eigenvalue weighted by Gasteiger charge is -2.36. The van der Waals surface area contributed by atoms with Crippen LogP contribution in [0.4, 0.5) is 0 Å². The topological polar surface area (TPSA) is 32.3 Å². The van der Waals surface area contributed by atoms with Crippen LogP contribution in [0.1, 0.15) is 17.2 Å². The van der Waals surface area contributed by atoms with Gasteiger partial charge in [0.2, 0.25) is 5.91 Å². The Morgan fingerprint density at radius 2 is 2.15 bits per heavy atom. The summed E-state index contributed by atoms with van der Waals surface area (Å²) in [7, 11) is 0. The lowest BCUT2D eigenvalue weighted by atomic mass is 10.0. The van der Waals surface area contributed by atoms with Gasteiger partial charge in [0.25, 0.3) is 0 Å². The summed E-state index contributed by atoms with van der Waals surface area (Å²) in [6.07, 6.45) is 0.507. The van der Waals surface area contributed by atoms with Crippen molar-refractivity contribution in [2.75, 3.05) is 19.6 Å². The first-order valence-corrected chi connectivity index (χ1v) is 7.85. The molecule has 0 saturated carbocycles. The zero-order valence-electron chi connectivity index (χ0n) is 11.3. The molecule has 2 aromatic rings. The van der Waals surface area contributed by atoms with Crippen LogP contribution in [-0.4, -0.2) is 30.4 Å². The molecule has 0 bridgehead atoms. The third-order valence-corrected chi connectivity index (χ3v) is 4.42. The van der Waals surface area contributed by atoms with E-state index in [0.29, 0.717) is 6.42 Å². The zero-order chi connectivity index (χ0) is 13.8. The van der Waals surface area contributed by atoms with Gasteiger partial charge in [-0.1, -0.05) is 30.3 Å². The van der Waals surface area contributed by atoms with Crippen molar-refractivity contribution in [2.45, 2.75) is 12.5 Å². The Labute approximate surface area is 123 Å². The smallest absolute Gasteiger partial charge is 0.227 e. The number of carbonyl (C=O) groups excluding carboxylic acids is 1. The molecule has 1 saturated heterocycles. The van der Waals surface area contributed by atoms with Crippen LogP contribution in [0.3, 0.4) is 0 Å². The van der Waals surface area contributed by atoms with Gasteiger partial charge in [-0.05, 0) is 28.0 Å². The van der Waals surface area contributed by atoms with E-state index in [1.165, 1.54) is 5.56 Å². The molecule has 1 aliphatic heterocycles. The maximum Gasteiger partial charge on any atom is 0.227 e. The number of hydrogen-bond donors (Lipinski definition) is 1. The Morgan fingerprint density at radius 1 is 1.30 bits per heavy atom. The number of nitrogens with one attached hydrogen (secondary N) is 1. The average Bonchev–Trinajstić information content (AvgIpc) is 3.01. The van der Waals surface area contributed by atoms with Gasteiger partial charge in [0.1, 0.15) is 0 Å². The van der Waals surface area contributed by atoms with Gasteiger partial charge in [-0.25, -0.2) is 0 Å². The number of nitrogens with zero attached hydrogens (tertiary/aromatic N) is 1. The van der Waals surface area contributed by atoms with Crippen molar-refractivity contribution in [2.24, 2.45) is 0 Å². The predicted molar refractivity (Wildman–Crippen MR) is 81.8 cm³/mol. The zero-order valence-corrected chi connectivity index (χ0v) is 12.1. The van der Waals surface area contributed by atoms with E-state index >= 15 is 0 Å². The molecule has 0 unspecified atom stereocenters.